The van der Waals surface area contributed by atoms with Crippen molar-refractivity contribution in [3.8, 4) is 0 Å². The molecule has 0 aromatic carbocycles. The van der Waals surface area contributed by atoms with Crippen molar-refractivity contribution in [2.75, 3.05) is 0 Å². The monoisotopic (exact) mass is 200 g/mol. The molecule has 0 saturated carbocycles. The molecule has 2 rings (SSSR count). The molecule has 0 amide bonds. The molecule has 74 valence electrons. The van der Waals surface area contributed by atoms with Gasteiger partial charge in [0.1, 0.15) is 11.5 Å². The van der Waals surface area contributed by atoms with E-state index in [0.29, 0.717) is 11.5 Å². The van der Waals surface area contributed by atoms with Crippen LogP contribution < -0.4 is 0 Å². The number of aromatic nitrogens is 2. The Morgan fingerprint density at radius 2 is 2.27 bits per heavy atom. The second-order valence-electron chi connectivity index (χ2n) is 2.82. The molecule has 0 radical (unpaired) electrons. The Morgan fingerprint density at radius 1 is 1.33 bits per heavy atom. The summed E-state index contributed by atoms with van der Waals surface area (Å²) in [5.74, 6) is 0.437. The topological polar surface area (TPSA) is 56.0 Å². The molecule has 0 atom stereocenters. The van der Waals surface area contributed by atoms with Crippen molar-refractivity contribution in [1.29, 1.82) is 0 Å². The molecule has 2 aromatic rings. The highest BCUT2D eigenvalue weighted by molar-refractivity contribution is 6.05. The van der Waals surface area contributed by atoms with Crippen molar-refractivity contribution in [1.82, 2.24) is 10.2 Å². The van der Waals surface area contributed by atoms with Gasteiger partial charge in [0.05, 0.1) is 6.26 Å². The highest BCUT2D eigenvalue weighted by Crippen LogP contribution is 2.03. The maximum Gasteiger partial charge on any atom is 0.206 e. The van der Waals surface area contributed by atoms with Crippen molar-refractivity contribution in [3.05, 3.63) is 54.3 Å². The van der Waals surface area contributed by atoms with E-state index in [2.05, 4.69) is 10.2 Å². The maximum atomic E-state index is 11.5. The molecular formula is C11H8N2O2. The van der Waals surface area contributed by atoms with Gasteiger partial charge in [-0.15, -0.1) is 5.10 Å². The second kappa shape index (κ2) is 4.32. The zero-order valence-electron chi connectivity index (χ0n) is 7.83. The average Bonchev–Trinajstić information content (AvgIpc) is 2.80. The van der Waals surface area contributed by atoms with Gasteiger partial charge in [0.15, 0.2) is 0 Å². The molecule has 0 spiro atoms. The van der Waals surface area contributed by atoms with E-state index < -0.39 is 0 Å². The minimum absolute atomic E-state index is 0.195. The van der Waals surface area contributed by atoms with Crippen molar-refractivity contribution < 1.29 is 9.21 Å². The van der Waals surface area contributed by atoms with Crippen LogP contribution in [0.1, 0.15) is 16.2 Å². The number of carbonyl (C=O) groups excluding carboxylic acids is 1. The molecule has 0 aliphatic rings. The molecule has 0 saturated heterocycles. The van der Waals surface area contributed by atoms with Gasteiger partial charge in [-0.25, -0.2) is 0 Å². The van der Waals surface area contributed by atoms with E-state index in [4.69, 9.17) is 4.42 Å². The van der Waals surface area contributed by atoms with E-state index in [-0.39, 0.29) is 5.78 Å². The lowest BCUT2D eigenvalue weighted by Crippen LogP contribution is -1.98. The third-order valence-electron chi connectivity index (χ3n) is 1.77. The van der Waals surface area contributed by atoms with Gasteiger partial charge in [0, 0.05) is 6.20 Å². The molecule has 0 unspecified atom stereocenters. The van der Waals surface area contributed by atoms with Crippen molar-refractivity contribution in [2.45, 2.75) is 0 Å². The summed E-state index contributed by atoms with van der Waals surface area (Å²) < 4.78 is 5.04. The van der Waals surface area contributed by atoms with Crippen LogP contribution in [-0.4, -0.2) is 16.0 Å². The summed E-state index contributed by atoms with van der Waals surface area (Å²) in [6, 6.07) is 6.80. The highest BCUT2D eigenvalue weighted by Gasteiger charge is 2.02. The Morgan fingerprint density at radius 3 is 2.93 bits per heavy atom. The van der Waals surface area contributed by atoms with Crippen LogP contribution in [0.5, 0.6) is 0 Å². The number of carbonyl (C=O) groups is 1. The molecule has 0 aliphatic carbocycles. The van der Waals surface area contributed by atoms with Crippen molar-refractivity contribution in [2.24, 2.45) is 0 Å². The first-order chi connectivity index (χ1) is 7.36. The van der Waals surface area contributed by atoms with E-state index in [0.717, 1.165) is 0 Å². The Hall–Kier alpha value is -2.23. The molecule has 0 N–H and O–H groups in total. The third kappa shape index (κ3) is 2.37. The fourth-order valence-electron chi connectivity index (χ4n) is 1.06. The number of rotatable bonds is 3. The van der Waals surface area contributed by atoms with Gasteiger partial charge in [-0.2, -0.15) is 5.10 Å². The molecular weight excluding hydrogens is 192 g/mol. The maximum absolute atomic E-state index is 11.5. The van der Waals surface area contributed by atoms with Crippen LogP contribution in [0, 0.1) is 0 Å². The summed E-state index contributed by atoms with van der Waals surface area (Å²) >= 11 is 0. The minimum atomic E-state index is -0.195. The van der Waals surface area contributed by atoms with Gasteiger partial charge >= 0.3 is 0 Å². The zero-order chi connectivity index (χ0) is 10.5. The van der Waals surface area contributed by atoms with Crippen LogP contribution in [0.2, 0.25) is 0 Å². The third-order valence-corrected chi connectivity index (χ3v) is 1.77. The summed E-state index contributed by atoms with van der Waals surface area (Å²) in [5, 5.41) is 7.32. The summed E-state index contributed by atoms with van der Waals surface area (Å²) in [7, 11) is 0. The fraction of sp³-hybridized carbons (Fsp3) is 0. The fourth-order valence-corrected chi connectivity index (χ4v) is 1.06. The number of ketones is 1. The molecule has 0 bridgehead atoms. The van der Waals surface area contributed by atoms with E-state index >= 15 is 0 Å². The number of nitrogens with zero attached hydrogens (tertiary/aromatic N) is 2. The Labute approximate surface area is 86.3 Å². The first kappa shape index (κ1) is 9.33. The van der Waals surface area contributed by atoms with E-state index in [9.17, 15) is 4.79 Å². The normalized spacial score (nSPS) is 10.7. The zero-order valence-corrected chi connectivity index (χ0v) is 7.83. The van der Waals surface area contributed by atoms with Crippen LogP contribution in [0.4, 0.5) is 0 Å². The Bertz CT molecular complexity index is 461. The average molecular weight is 200 g/mol. The van der Waals surface area contributed by atoms with Gasteiger partial charge < -0.3 is 4.42 Å². The lowest BCUT2D eigenvalue weighted by atomic mass is 10.2. The number of hydrogen-bond donors (Lipinski definition) is 0. The van der Waals surface area contributed by atoms with E-state index in [1.54, 1.807) is 36.6 Å². The number of furan rings is 1. The van der Waals surface area contributed by atoms with Gasteiger partial charge in [-0.05, 0) is 36.4 Å². The summed E-state index contributed by atoms with van der Waals surface area (Å²) in [5.41, 5.74) is 0.320. The number of hydrogen-bond acceptors (Lipinski definition) is 4. The standard InChI is InChI=1S/C11H8N2O2/c14-11(10-4-1-7-12-13-10)6-5-9-3-2-8-15-9/h1-8H. The van der Waals surface area contributed by atoms with Gasteiger partial charge in [-0.3, -0.25) is 4.79 Å². The van der Waals surface area contributed by atoms with E-state index in [1.165, 1.54) is 12.3 Å². The van der Waals surface area contributed by atoms with Gasteiger partial charge in [-0.1, -0.05) is 0 Å². The predicted molar refractivity (Wildman–Crippen MR) is 54.1 cm³/mol. The van der Waals surface area contributed by atoms with Crippen molar-refractivity contribution >= 4 is 11.9 Å². The van der Waals surface area contributed by atoms with Gasteiger partial charge in [0.2, 0.25) is 5.78 Å². The molecule has 0 aliphatic heterocycles. The first-order valence-electron chi connectivity index (χ1n) is 4.40. The van der Waals surface area contributed by atoms with Crippen LogP contribution >= 0.6 is 0 Å². The quantitative estimate of drug-likeness (QED) is 0.561. The Balaban J connectivity index is 2.11. The lowest BCUT2D eigenvalue weighted by Gasteiger charge is -1.90. The molecule has 4 nitrogen and oxygen atoms in total. The van der Waals surface area contributed by atoms with E-state index in [1.807, 2.05) is 0 Å². The Kier molecular flexibility index (Phi) is 2.69. The minimum Gasteiger partial charge on any atom is -0.465 e. The molecule has 2 aromatic heterocycles. The summed E-state index contributed by atoms with van der Waals surface area (Å²) in [6.45, 7) is 0. The van der Waals surface area contributed by atoms with Crippen molar-refractivity contribution in [3.63, 3.8) is 0 Å². The highest BCUT2D eigenvalue weighted by atomic mass is 16.3. The van der Waals surface area contributed by atoms with Crippen LogP contribution in [0.25, 0.3) is 6.08 Å². The molecule has 2 heterocycles. The first-order valence-corrected chi connectivity index (χ1v) is 4.40. The smallest absolute Gasteiger partial charge is 0.206 e. The predicted octanol–water partition coefficient (Wildman–Crippen LogP) is 1.97. The molecule has 15 heavy (non-hydrogen) atoms. The van der Waals surface area contributed by atoms with Crippen LogP contribution in [-0.2, 0) is 0 Å². The van der Waals surface area contributed by atoms with Crippen LogP contribution in [0.3, 0.4) is 0 Å². The SMILES string of the molecule is O=C(C=Cc1ccco1)c1cccnn1. The summed E-state index contributed by atoms with van der Waals surface area (Å²) in [6.07, 6.45) is 6.07. The van der Waals surface area contributed by atoms with Gasteiger partial charge in [0.25, 0.3) is 0 Å². The molecule has 4 heteroatoms. The number of allylic oxidation sites excluding steroid dienone is 1. The largest absolute Gasteiger partial charge is 0.465 e. The lowest BCUT2D eigenvalue weighted by molar-refractivity contribution is 0.104. The second-order valence-corrected chi connectivity index (χ2v) is 2.82. The molecule has 0 fully saturated rings. The summed E-state index contributed by atoms with van der Waals surface area (Å²) in [4.78, 5) is 11.5. The van der Waals surface area contributed by atoms with Crippen LogP contribution in [0.15, 0.2) is 47.2 Å².